The number of nitrogens with zero attached hydrogens (tertiary/aromatic N) is 1. The molecule has 0 N–H and O–H groups in total. The predicted molar refractivity (Wildman–Crippen MR) is 79.3 cm³/mol. The molecular weight excluding hydrogens is 365 g/mol. The van der Waals surface area contributed by atoms with Gasteiger partial charge >= 0.3 is 0 Å². The van der Waals surface area contributed by atoms with Gasteiger partial charge < -0.3 is 9.47 Å². The zero-order valence-corrected chi connectivity index (χ0v) is 12.6. The number of rotatable bonds is 4. The third-order valence-electron chi connectivity index (χ3n) is 2.28. The van der Waals surface area contributed by atoms with Crippen molar-refractivity contribution in [3.8, 4) is 11.6 Å². The fourth-order valence-corrected chi connectivity index (χ4v) is 2.34. The molecule has 1 aromatic carbocycles. The lowest BCUT2D eigenvalue weighted by molar-refractivity contribution is 0.293. The van der Waals surface area contributed by atoms with Crippen LogP contribution in [0.4, 0.5) is 0 Å². The second-order valence-electron chi connectivity index (χ2n) is 3.58. The maximum absolute atomic E-state index is 5.86. The summed E-state index contributed by atoms with van der Waals surface area (Å²) in [5, 5.41) is 0.437. The fraction of sp³-hybridized carbons (Fsp3) is 0.154. The van der Waals surface area contributed by atoms with Gasteiger partial charge in [-0.25, -0.2) is 4.98 Å². The SMILES string of the molecule is COc1ccc(COc2cc(I)cc(Cl)n2)cc1. The molecular formula is C13H11ClINO2. The van der Waals surface area contributed by atoms with Gasteiger partial charge in [-0.3, -0.25) is 0 Å². The molecule has 0 fully saturated rings. The third kappa shape index (κ3) is 3.74. The molecule has 0 spiro atoms. The average molecular weight is 376 g/mol. The van der Waals surface area contributed by atoms with Gasteiger partial charge in [-0.15, -0.1) is 0 Å². The summed E-state index contributed by atoms with van der Waals surface area (Å²) < 4.78 is 11.7. The Morgan fingerprint density at radius 2 is 1.94 bits per heavy atom. The summed E-state index contributed by atoms with van der Waals surface area (Å²) in [5.41, 5.74) is 1.05. The molecule has 1 heterocycles. The molecule has 0 amide bonds. The highest BCUT2D eigenvalue weighted by Crippen LogP contribution is 2.19. The summed E-state index contributed by atoms with van der Waals surface area (Å²) in [6.07, 6.45) is 0. The van der Waals surface area contributed by atoms with Gasteiger partial charge in [0.2, 0.25) is 5.88 Å². The maximum atomic E-state index is 5.86. The van der Waals surface area contributed by atoms with Gasteiger partial charge in [-0.1, -0.05) is 23.7 Å². The highest BCUT2D eigenvalue weighted by Gasteiger charge is 2.01. The Bertz CT molecular complexity index is 511. The molecule has 0 saturated heterocycles. The highest BCUT2D eigenvalue weighted by molar-refractivity contribution is 14.1. The van der Waals surface area contributed by atoms with E-state index < -0.39 is 0 Å². The van der Waals surface area contributed by atoms with E-state index >= 15 is 0 Å². The first kappa shape index (κ1) is 13.4. The predicted octanol–water partition coefficient (Wildman–Crippen LogP) is 3.93. The number of ether oxygens (including phenoxy) is 2. The topological polar surface area (TPSA) is 31.4 Å². The van der Waals surface area contributed by atoms with Gasteiger partial charge in [-0.05, 0) is 46.4 Å². The van der Waals surface area contributed by atoms with Crippen molar-refractivity contribution in [2.75, 3.05) is 7.11 Å². The van der Waals surface area contributed by atoms with E-state index in [9.17, 15) is 0 Å². The molecule has 94 valence electrons. The number of pyridine rings is 1. The summed E-state index contributed by atoms with van der Waals surface area (Å²) >= 11 is 8.03. The van der Waals surface area contributed by atoms with Gasteiger partial charge in [0, 0.05) is 9.64 Å². The van der Waals surface area contributed by atoms with Crippen molar-refractivity contribution in [1.29, 1.82) is 0 Å². The van der Waals surface area contributed by atoms with E-state index in [0.717, 1.165) is 14.9 Å². The van der Waals surface area contributed by atoms with Crippen molar-refractivity contribution >= 4 is 34.2 Å². The van der Waals surface area contributed by atoms with Gasteiger partial charge in [0.15, 0.2) is 0 Å². The molecule has 18 heavy (non-hydrogen) atoms. The average Bonchev–Trinajstić information content (AvgIpc) is 2.36. The summed E-state index contributed by atoms with van der Waals surface area (Å²) in [4.78, 5) is 4.10. The summed E-state index contributed by atoms with van der Waals surface area (Å²) in [6.45, 7) is 0.452. The fourth-order valence-electron chi connectivity index (χ4n) is 1.40. The lowest BCUT2D eigenvalue weighted by Gasteiger charge is -2.07. The molecule has 0 radical (unpaired) electrons. The zero-order chi connectivity index (χ0) is 13.0. The minimum Gasteiger partial charge on any atom is -0.497 e. The molecule has 0 aliphatic rings. The first-order valence-electron chi connectivity index (χ1n) is 5.26. The van der Waals surface area contributed by atoms with Crippen molar-refractivity contribution in [2.45, 2.75) is 6.61 Å². The molecule has 3 nitrogen and oxygen atoms in total. The third-order valence-corrected chi connectivity index (χ3v) is 3.10. The standard InChI is InChI=1S/C13H11ClINO2/c1-17-11-4-2-9(3-5-11)8-18-13-7-10(15)6-12(14)16-13/h2-7H,8H2,1H3. The van der Waals surface area contributed by atoms with Crippen molar-refractivity contribution < 1.29 is 9.47 Å². The number of methoxy groups -OCH3 is 1. The van der Waals surface area contributed by atoms with Crippen molar-refractivity contribution in [1.82, 2.24) is 4.98 Å². The van der Waals surface area contributed by atoms with Crippen molar-refractivity contribution in [3.05, 3.63) is 50.7 Å². The van der Waals surface area contributed by atoms with Crippen LogP contribution >= 0.6 is 34.2 Å². The molecule has 2 aromatic rings. The normalized spacial score (nSPS) is 10.2. The van der Waals surface area contributed by atoms with Crippen LogP contribution in [0.5, 0.6) is 11.6 Å². The van der Waals surface area contributed by atoms with E-state index in [1.807, 2.05) is 30.3 Å². The summed E-state index contributed by atoms with van der Waals surface area (Å²) in [7, 11) is 1.64. The van der Waals surface area contributed by atoms with Crippen molar-refractivity contribution in [3.63, 3.8) is 0 Å². The molecule has 0 aliphatic heterocycles. The Labute approximate surface area is 124 Å². The van der Waals surface area contributed by atoms with E-state index in [4.69, 9.17) is 21.1 Å². The number of hydrogen-bond donors (Lipinski definition) is 0. The first-order valence-corrected chi connectivity index (χ1v) is 6.72. The van der Waals surface area contributed by atoms with E-state index in [2.05, 4.69) is 27.6 Å². The Morgan fingerprint density at radius 3 is 2.56 bits per heavy atom. The minimum atomic E-state index is 0.437. The molecule has 0 unspecified atom stereocenters. The van der Waals surface area contributed by atoms with Gasteiger partial charge in [0.1, 0.15) is 17.5 Å². The molecule has 5 heteroatoms. The van der Waals surface area contributed by atoms with E-state index in [1.54, 1.807) is 13.2 Å². The van der Waals surface area contributed by atoms with Gasteiger partial charge in [0.05, 0.1) is 7.11 Å². The molecule has 2 rings (SSSR count). The summed E-state index contributed by atoms with van der Waals surface area (Å²) in [5.74, 6) is 1.36. The van der Waals surface area contributed by atoms with Gasteiger partial charge in [-0.2, -0.15) is 0 Å². The Kier molecular flexibility index (Phi) is 4.66. The Balaban J connectivity index is 2.01. The number of halogens is 2. The first-order chi connectivity index (χ1) is 8.67. The number of aromatic nitrogens is 1. The second kappa shape index (κ2) is 6.24. The highest BCUT2D eigenvalue weighted by atomic mass is 127. The van der Waals surface area contributed by atoms with Crippen LogP contribution in [0.1, 0.15) is 5.56 Å². The monoisotopic (exact) mass is 375 g/mol. The number of benzene rings is 1. The van der Waals surface area contributed by atoms with E-state index in [1.165, 1.54) is 0 Å². The minimum absolute atomic E-state index is 0.437. The van der Waals surface area contributed by atoms with Crippen LogP contribution in [0.3, 0.4) is 0 Å². The van der Waals surface area contributed by atoms with Crippen LogP contribution in [-0.4, -0.2) is 12.1 Å². The quantitative estimate of drug-likeness (QED) is 0.599. The number of hydrogen-bond acceptors (Lipinski definition) is 3. The molecule has 0 atom stereocenters. The van der Waals surface area contributed by atoms with Crippen LogP contribution in [0, 0.1) is 3.57 Å². The van der Waals surface area contributed by atoms with Crippen LogP contribution in [0.25, 0.3) is 0 Å². The van der Waals surface area contributed by atoms with Crippen LogP contribution < -0.4 is 9.47 Å². The largest absolute Gasteiger partial charge is 0.497 e. The van der Waals surface area contributed by atoms with Gasteiger partial charge in [0.25, 0.3) is 0 Å². The summed E-state index contributed by atoms with van der Waals surface area (Å²) in [6, 6.07) is 11.3. The molecule has 0 saturated carbocycles. The zero-order valence-electron chi connectivity index (χ0n) is 9.69. The van der Waals surface area contributed by atoms with Crippen LogP contribution in [-0.2, 0) is 6.61 Å². The lowest BCUT2D eigenvalue weighted by Crippen LogP contribution is -1.98. The smallest absolute Gasteiger partial charge is 0.216 e. The molecule has 0 aliphatic carbocycles. The van der Waals surface area contributed by atoms with Crippen LogP contribution in [0.15, 0.2) is 36.4 Å². The molecule has 1 aromatic heterocycles. The second-order valence-corrected chi connectivity index (χ2v) is 5.22. The van der Waals surface area contributed by atoms with Crippen LogP contribution in [0.2, 0.25) is 5.15 Å². The van der Waals surface area contributed by atoms with Crippen molar-refractivity contribution in [2.24, 2.45) is 0 Å². The maximum Gasteiger partial charge on any atom is 0.216 e. The lowest BCUT2D eigenvalue weighted by atomic mass is 10.2. The Morgan fingerprint density at radius 1 is 1.22 bits per heavy atom. The Hall–Kier alpha value is -1.01. The van der Waals surface area contributed by atoms with E-state index in [0.29, 0.717) is 17.6 Å². The van der Waals surface area contributed by atoms with E-state index in [-0.39, 0.29) is 0 Å². The molecule has 0 bridgehead atoms.